The summed E-state index contributed by atoms with van der Waals surface area (Å²) in [6, 6.07) is 32.2. The van der Waals surface area contributed by atoms with E-state index in [1.54, 1.807) is 48.5 Å². The highest BCUT2D eigenvalue weighted by Gasteiger charge is 2.39. The van der Waals surface area contributed by atoms with Crippen molar-refractivity contribution in [2.24, 2.45) is 0 Å². The molecule has 0 bridgehead atoms. The maximum Gasteiger partial charge on any atom is 0.282 e. The summed E-state index contributed by atoms with van der Waals surface area (Å²) in [5.41, 5.74) is 3.32. The predicted octanol–water partition coefficient (Wildman–Crippen LogP) is 2.83. The molecular formula is C34H36N4O6S. The number of aliphatic hydroxyl groups is 2. The zero-order chi connectivity index (χ0) is 31.8. The quantitative estimate of drug-likeness (QED) is 0.213. The lowest BCUT2D eigenvalue weighted by Crippen LogP contribution is -2.43. The summed E-state index contributed by atoms with van der Waals surface area (Å²) < 4.78 is 30.2. The second-order valence-corrected chi connectivity index (χ2v) is 12.8. The van der Waals surface area contributed by atoms with Crippen molar-refractivity contribution in [2.75, 3.05) is 13.1 Å². The molecule has 1 saturated heterocycles. The molecule has 4 aromatic rings. The fraction of sp³-hybridized carbons (Fsp3) is 0.235. The van der Waals surface area contributed by atoms with Gasteiger partial charge in [0.15, 0.2) is 0 Å². The van der Waals surface area contributed by atoms with E-state index in [1.807, 2.05) is 60.7 Å². The number of benzene rings is 4. The lowest BCUT2D eigenvalue weighted by Gasteiger charge is -2.28. The highest BCUT2D eigenvalue weighted by atomic mass is 32.2. The minimum atomic E-state index is -4.28. The van der Waals surface area contributed by atoms with Gasteiger partial charge in [-0.1, -0.05) is 97.1 Å². The number of β-amino-alcohol motifs (C(OH)–C–C–N with tert-alkyl or cyclic N) is 2. The molecule has 1 aliphatic rings. The van der Waals surface area contributed by atoms with E-state index in [4.69, 9.17) is 0 Å². The van der Waals surface area contributed by atoms with Crippen molar-refractivity contribution in [1.29, 1.82) is 0 Å². The summed E-state index contributed by atoms with van der Waals surface area (Å²) in [5, 5.41) is 27.2. The first-order valence-corrected chi connectivity index (χ1v) is 16.0. The SMILES string of the molecule is O=C(NCc1ccccc1)c1ccccc1CN1C[C@H](O)[C@@H](O)CN(Cc2ccccc2C(=O)NCc2ccccc2)S1(=O)=O. The first-order chi connectivity index (χ1) is 21.7. The van der Waals surface area contributed by atoms with E-state index in [0.717, 1.165) is 19.7 Å². The predicted molar refractivity (Wildman–Crippen MR) is 170 cm³/mol. The maximum atomic E-state index is 14.0. The largest absolute Gasteiger partial charge is 0.389 e. The monoisotopic (exact) mass is 628 g/mol. The summed E-state index contributed by atoms with van der Waals surface area (Å²) >= 11 is 0. The van der Waals surface area contributed by atoms with Crippen LogP contribution in [-0.4, -0.2) is 64.4 Å². The molecule has 10 nitrogen and oxygen atoms in total. The molecule has 0 unspecified atom stereocenters. The van der Waals surface area contributed by atoms with Crippen LogP contribution in [0.25, 0.3) is 0 Å². The van der Waals surface area contributed by atoms with Crippen LogP contribution >= 0.6 is 0 Å². The van der Waals surface area contributed by atoms with Crippen molar-refractivity contribution in [3.8, 4) is 0 Å². The molecule has 4 N–H and O–H groups in total. The summed E-state index contributed by atoms with van der Waals surface area (Å²) in [6.07, 6.45) is -2.73. The number of rotatable bonds is 10. The molecular weight excluding hydrogens is 592 g/mol. The van der Waals surface area contributed by atoms with Gasteiger partial charge in [-0.2, -0.15) is 17.0 Å². The Balaban J connectivity index is 1.35. The number of amides is 2. The van der Waals surface area contributed by atoms with E-state index in [2.05, 4.69) is 10.6 Å². The normalized spacial score (nSPS) is 18.5. The summed E-state index contributed by atoms with van der Waals surface area (Å²) in [4.78, 5) is 26.3. The van der Waals surface area contributed by atoms with Gasteiger partial charge in [-0.25, -0.2) is 0 Å². The Kier molecular flexibility index (Phi) is 10.4. The number of nitrogens with zero attached hydrogens (tertiary/aromatic N) is 2. The van der Waals surface area contributed by atoms with Gasteiger partial charge < -0.3 is 20.8 Å². The van der Waals surface area contributed by atoms with Gasteiger partial charge in [-0.15, -0.1) is 0 Å². The molecule has 0 saturated carbocycles. The molecule has 234 valence electrons. The van der Waals surface area contributed by atoms with Crippen LogP contribution < -0.4 is 10.6 Å². The Morgan fingerprint density at radius 2 is 0.956 bits per heavy atom. The first kappa shape index (κ1) is 32.0. The van der Waals surface area contributed by atoms with Gasteiger partial charge in [-0.05, 0) is 34.4 Å². The summed E-state index contributed by atoms with van der Waals surface area (Å²) in [7, 11) is -4.28. The Morgan fingerprint density at radius 1 is 0.600 bits per heavy atom. The Labute approximate surface area is 263 Å². The lowest BCUT2D eigenvalue weighted by molar-refractivity contribution is 0.00886. The molecule has 0 radical (unpaired) electrons. The number of carbonyl (C=O) groups excluding carboxylic acids is 2. The number of hydrogen-bond donors (Lipinski definition) is 4. The van der Waals surface area contributed by atoms with Crippen molar-refractivity contribution in [2.45, 2.75) is 38.4 Å². The van der Waals surface area contributed by atoms with E-state index in [9.17, 15) is 28.2 Å². The zero-order valence-corrected chi connectivity index (χ0v) is 25.4. The van der Waals surface area contributed by atoms with Gasteiger partial charge in [-0.3, -0.25) is 9.59 Å². The van der Waals surface area contributed by atoms with Crippen molar-refractivity contribution < 1.29 is 28.2 Å². The first-order valence-electron chi connectivity index (χ1n) is 14.6. The number of aliphatic hydroxyl groups excluding tert-OH is 2. The molecule has 45 heavy (non-hydrogen) atoms. The van der Waals surface area contributed by atoms with E-state index in [-0.39, 0.29) is 38.0 Å². The van der Waals surface area contributed by atoms with Gasteiger partial charge in [0.25, 0.3) is 22.0 Å². The molecule has 1 fully saturated rings. The second kappa shape index (κ2) is 14.6. The highest BCUT2D eigenvalue weighted by Crippen LogP contribution is 2.24. The molecule has 11 heteroatoms. The third-order valence-corrected chi connectivity index (χ3v) is 9.55. The third-order valence-electron chi connectivity index (χ3n) is 7.69. The summed E-state index contributed by atoms with van der Waals surface area (Å²) in [6.45, 7) is -0.577. The number of nitrogens with one attached hydrogen (secondary N) is 2. The minimum absolute atomic E-state index is 0.212. The lowest BCUT2D eigenvalue weighted by atomic mass is 10.1. The van der Waals surface area contributed by atoms with Crippen LogP contribution in [0.2, 0.25) is 0 Å². The van der Waals surface area contributed by atoms with Gasteiger partial charge in [0, 0.05) is 50.4 Å². The molecule has 1 aliphatic heterocycles. The fourth-order valence-electron chi connectivity index (χ4n) is 5.19. The highest BCUT2D eigenvalue weighted by molar-refractivity contribution is 7.86. The van der Waals surface area contributed by atoms with Gasteiger partial charge in [0.2, 0.25) is 0 Å². The molecule has 5 rings (SSSR count). The van der Waals surface area contributed by atoms with Crippen LogP contribution in [0.4, 0.5) is 0 Å². The molecule has 2 atom stereocenters. The number of hydrogen-bond acceptors (Lipinski definition) is 6. The van der Waals surface area contributed by atoms with Crippen molar-refractivity contribution in [1.82, 2.24) is 19.2 Å². The van der Waals surface area contributed by atoms with Crippen LogP contribution in [0.15, 0.2) is 109 Å². The molecule has 0 spiro atoms. The van der Waals surface area contributed by atoms with Crippen LogP contribution in [0.1, 0.15) is 43.0 Å². The standard InChI is InChI=1S/C34H36N4O6S/c39-31-23-37(21-27-15-7-9-17-29(27)33(41)35-19-25-11-3-1-4-12-25)45(43,44)38(24-32(31)40)22-28-16-8-10-18-30(28)34(42)36-20-26-13-5-2-6-14-26/h1-18,31-32,39-40H,19-24H2,(H,35,41)(H,36,42)/t31-,32-/m0/s1. The van der Waals surface area contributed by atoms with E-state index in [0.29, 0.717) is 35.3 Å². The van der Waals surface area contributed by atoms with Gasteiger partial charge in [0.05, 0.1) is 12.2 Å². The van der Waals surface area contributed by atoms with Crippen molar-refractivity contribution >= 4 is 22.0 Å². The van der Waals surface area contributed by atoms with Crippen LogP contribution in [0.5, 0.6) is 0 Å². The molecule has 2 amide bonds. The van der Waals surface area contributed by atoms with Crippen molar-refractivity contribution in [3.63, 3.8) is 0 Å². The smallest absolute Gasteiger partial charge is 0.282 e. The van der Waals surface area contributed by atoms with E-state index >= 15 is 0 Å². The third kappa shape index (κ3) is 8.01. The van der Waals surface area contributed by atoms with Crippen LogP contribution in [0.3, 0.4) is 0 Å². The van der Waals surface area contributed by atoms with E-state index < -0.39 is 22.4 Å². The van der Waals surface area contributed by atoms with Crippen molar-refractivity contribution in [3.05, 3.63) is 143 Å². The van der Waals surface area contributed by atoms with Crippen LogP contribution in [0, 0.1) is 0 Å². The zero-order valence-electron chi connectivity index (χ0n) is 24.6. The molecule has 1 heterocycles. The summed E-state index contributed by atoms with van der Waals surface area (Å²) in [5.74, 6) is -0.732. The molecule has 0 aliphatic carbocycles. The Bertz CT molecular complexity index is 1600. The Hall–Kier alpha value is -4.39. The topological polar surface area (TPSA) is 139 Å². The average molecular weight is 629 g/mol. The van der Waals surface area contributed by atoms with Crippen LogP contribution in [-0.2, 0) is 36.4 Å². The van der Waals surface area contributed by atoms with Gasteiger partial charge in [0.1, 0.15) is 0 Å². The molecule has 0 aromatic heterocycles. The molecule has 4 aromatic carbocycles. The van der Waals surface area contributed by atoms with E-state index in [1.165, 1.54) is 0 Å². The minimum Gasteiger partial charge on any atom is -0.389 e. The maximum absolute atomic E-state index is 14.0. The van der Waals surface area contributed by atoms with Gasteiger partial charge >= 0.3 is 0 Å². The number of carbonyl (C=O) groups is 2. The second-order valence-electron chi connectivity index (χ2n) is 10.9. The average Bonchev–Trinajstić information content (AvgIpc) is 3.13. The fourth-order valence-corrected chi connectivity index (χ4v) is 6.80. The Morgan fingerprint density at radius 3 is 1.36 bits per heavy atom.